The van der Waals surface area contributed by atoms with Crippen molar-refractivity contribution in [2.24, 2.45) is 0 Å². The van der Waals surface area contributed by atoms with Crippen molar-refractivity contribution in [3.63, 3.8) is 0 Å². The maximum absolute atomic E-state index is 5.37. The minimum absolute atomic E-state index is 0.377. The van der Waals surface area contributed by atoms with Crippen molar-refractivity contribution in [2.75, 3.05) is 6.54 Å². The molecule has 2 heterocycles. The van der Waals surface area contributed by atoms with Crippen molar-refractivity contribution in [1.82, 2.24) is 15.3 Å². The third-order valence-electron chi connectivity index (χ3n) is 3.06. The van der Waals surface area contributed by atoms with Gasteiger partial charge in [-0.05, 0) is 37.6 Å². The Morgan fingerprint density at radius 3 is 3.12 bits per heavy atom. The molecule has 2 N–H and O–H groups in total. The Hall–Kier alpha value is -1.79. The summed E-state index contributed by atoms with van der Waals surface area (Å²) in [6, 6.07) is 6.26. The molecule has 1 saturated heterocycles. The van der Waals surface area contributed by atoms with E-state index in [0.717, 1.165) is 35.4 Å². The largest absolute Gasteiger partial charge is 0.341 e. The minimum atomic E-state index is 0.377. The Morgan fingerprint density at radius 1 is 1.44 bits per heavy atom. The third kappa shape index (κ3) is 1.48. The summed E-state index contributed by atoms with van der Waals surface area (Å²) in [7, 11) is 0. The number of fused-ring (bicyclic) bond motifs is 1. The molecular weight excluding hydrogens is 198 g/mol. The molecule has 0 radical (unpaired) electrons. The molecule has 80 valence electrons. The van der Waals surface area contributed by atoms with E-state index in [0.29, 0.717) is 6.04 Å². The van der Waals surface area contributed by atoms with Gasteiger partial charge in [-0.2, -0.15) is 0 Å². The normalized spacial score (nSPS) is 20.1. The highest BCUT2D eigenvalue weighted by Crippen LogP contribution is 2.23. The van der Waals surface area contributed by atoms with Crippen LogP contribution in [-0.2, 0) is 0 Å². The van der Waals surface area contributed by atoms with Crippen molar-refractivity contribution in [3.8, 4) is 12.3 Å². The summed E-state index contributed by atoms with van der Waals surface area (Å²) in [6.07, 6.45) is 7.74. The van der Waals surface area contributed by atoms with Crippen LogP contribution in [0.2, 0.25) is 0 Å². The molecule has 1 aliphatic heterocycles. The highest BCUT2D eigenvalue weighted by molar-refractivity contribution is 5.77. The summed E-state index contributed by atoms with van der Waals surface area (Å²) < 4.78 is 0. The van der Waals surface area contributed by atoms with Gasteiger partial charge >= 0.3 is 0 Å². The summed E-state index contributed by atoms with van der Waals surface area (Å²) >= 11 is 0. The summed E-state index contributed by atoms with van der Waals surface area (Å²) in [5, 5.41) is 3.43. The Balaban J connectivity index is 2.05. The number of aromatic nitrogens is 2. The predicted molar refractivity (Wildman–Crippen MR) is 64.0 cm³/mol. The van der Waals surface area contributed by atoms with Crippen LogP contribution in [-0.4, -0.2) is 16.5 Å². The Kier molecular flexibility index (Phi) is 2.16. The molecule has 3 heteroatoms. The van der Waals surface area contributed by atoms with Gasteiger partial charge in [0.05, 0.1) is 17.1 Å². The molecule has 0 amide bonds. The fourth-order valence-electron chi connectivity index (χ4n) is 2.20. The van der Waals surface area contributed by atoms with E-state index in [2.05, 4.69) is 21.2 Å². The molecule has 0 saturated carbocycles. The first-order valence-corrected chi connectivity index (χ1v) is 5.56. The second-order valence-electron chi connectivity index (χ2n) is 4.15. The average Bonchev–Trinajstić information content (AvgIpc) is 2.96. The first-order chi connectivity index (χ1) is 7.86. The predicted octanol–water partition coefficient (Wildman–Crippen LogP) is 1.97. The van der Waals surface area contributed by atoms with E-state index in [-0.39, 0.29) is 0 Å². The fraction of sp³-hybridized carbons (Fsp3) is 0.308. The second kappa shape index (κ2) is 3.66. The van der Waals surface area contributed by atoms with Gasteiger partial charge in [0.2, 0.25) is 0 Å². The van der Waals surface area contributed by atoms with Gasteiger partial charge in [0, 0.05) is 5.56 Å². The smallest absolute Gasteiger partial charge is 0.124 e. The monoisotopic (exact) mass is 211 g/mol. The van der Waals surface area contributed by atoms with Gasteiger partial charge in [-0.1, -0.05) is 5.92 Å². The first-order valence-electron chi connectivity index (χ1n) is 5.56. The van der Waals surface area contributed by atoms with E-state index in [1.165, 1.54) is 6.42 Å². The van der Waals surface area contributed by atoms with E-state index >= 15 is 0 Å². The zero-order chi connectivity index (χ0) is 11.0. The highest BCUT2D eigenvalue weighted by atomic mass is 15.0. The van der Waals surface area contributed by atoms with Crippen LogP contribution in [0.5, 0.6) is 0 Å². The van der Waals surface area contributed by atoms with Gasteiger partial charge in [-0.15, -0.1) is 6.42 Å². The molecule has 0 bridgehead atoms. The van der Waals surface area contributed by atoms with E-state index in [9.17, 15) is 0 Å². The van der Waals surface area contributed by atoms with Gasteiger partial charge < -0.3 is 10.3 Å². The summed E-state index contributed by atoms with van der Waals surface area (Å²) in [6.45, 7) is 1.08. The van der Waals surface area contributed by atoms with Crippen LogP contribution in [0, 0.1) is 12.3 Å². The molecule has 1 aliphatic rings. The number of hydrogen-bond donors (Lipinski definition) is 2. The van der Waals surface area contributed by atoms with Gasteiger partial charge in [0.1, 0.15) is 5.82 Å². The Bertz CT molecular complexity index is 556. The number of hydrogen-bond acceptors (Lipinski definition) is 2. The fourth-order valence-corrected chi connectivity index (χ4v) is 2.20. The average molecular weight is 211 g/mol. The number of rotatable bonds is 1. The summed E-state index contributed by atoms with van der Waals surface area (Å²) in [5.74, 6) is 3.66. The lowest BCUT2D eigenvalue weighted by Crippen LogP contribution is -2.13. The molecule has 0 unspecified atom stereocenters. The van der Waals surface area contributed by atoms with E-state index < -0.39 is 0 Å². The maximum Gasteiger partial charge on any atom is 0.124 e. The number of H-pyrrole nitrogens is 1. The number of terminal acetylenes is 1. The van der Waals surface area contributed by atoms with Crippen molar-refractivity contribution in [1.29, 1.82) is 0 Å². The first kappa shape index (κ1) is 9.44. The lowest BCUT2D eigenvalue weighted by atomic mass is 10.2. The number of nitrogens with one attached hydrogen (secondary N) is 2. The summed E-state index contributed by atoms with van der Waals surface area (Å²) in [5.41, 5.74) is 2.90. The standard InChI is InChI=1S/C13H13N3/c1-2-9-5-6-10-12(8-9)16-13(15-10)11-4-3-7-14-11/h1,5-6,8,11,14H,3-4,7H2,(H,15,16)/t11-/m0/s1. The van der Waals surface area contributed by atoms with Crippen molar-refractivity contribution in [2.45, 2.75) is 18.9 Å². The van der Waals surface area contributed by atoms with Crippen molar-refractivity contribution >= 4 is 11.0 Å². The van der Waals surface area contributed by atoms with Gasteiger partial charge in [0.25, 0.3) is 0 Å². The molecular formula is C13H13N3. The second-order valence-corrected chi connectivity index (χ2v) is 4.15. The van der Waals surface area contributed by atoms with Crippen LogP contribution < -0.4 is 5.32 Å². The van der Waals surface area contributed by atoms with Gasteiger partial charge in [-0.25, -0.2) is 4.98 Å². The number of imidazole rings is 1. The van der Waals surface area contributed by atoms with Crippen LogP contribution in [0.25, 0.3) is 11.0 Å². The number of aromatic amines is 1. The van der Waals surface area contributed by atoms with E-state index in [1.54, 1.807) is 0 Å². The quantitative estimate of drug-likeness (QED) is 0.708. The third-order valence-corrected chi connectivity index (χ3v) is 3.06. The molecule has 1 aromatic heterocycles. The minimum Gasteiger partial charge on any atom is -0.341 e. The molecule has 3 rings (SSSR count). The summed E-state index contributed by atoms with van der Waals surface area (Å²) in [4.78, 5) is 7.94. The van der Waals surface area contributed by atoms with Crippen LogP contribution in [0.15, 0.2) is 18.2 Å². The molecule has 1 fully saturated rings. The maximum atomic E-state index is 5.37. The molecule has 16 heavy (non-hydrogen) atoms. The van der Waals surface area contributed by atoms with E-state index in [4.69, 9.17) is 6.42 Å². The molecule has 0 aliphatic carbocycles. The van der Waals surface area contributed by atoms with Crippen LogP contribution >= 0.6 is 0 Å². The molecule has 1 atom stereocenters. The lowest BCUT2D eigenvalue weighted by molar-refractivity contribution is 0.614. The zero-order valence-corrected chi connectivity index (χ0v) is 8.96. The van der Waals surface area contributed by atoms with Crippen LogP contribution in [0.3, 0.4) is 0 Å². The van der Waals surface area contributed by atoms with Crippen LogP contribution in [0.4, 0.5) is 0 Å². The Labute approximate surface area is 94.3 Å². The van der Waals surface area contributed by atoms with Crippen molar-refractivity contribution in [3.05, 3.63) is 29.6 Å². The Morgan fingerprint density at radius 2 is 2.38 bits per heavy atom. The van der Waals surface area contributed by atoms with Gasteiger partial charge in [0.15, 0.2) is 0 Å². The lowest BCUT2D eigenvalue weighted by Gasteiger charge is -2.04. The molecule has 0 spiro atoms. The zero-order valence-electron chi connectivity index (χ0n) is 8.96. The number of nitrogens with zero attached hydrogens (tertiary/aromatic N) is 1. The molecule has 1 aromatic carbocycles. The molecule has 3 nitrogen and oxygen atoms in total. The van der Waals surface area contributed by atoms with Crippen LogP contribution in [0.1, 0.15) is 30.3 Å². The highest BCUT2D eigenvalue weighted by Gasteiger charge is 2.19. The SMILES string of the molecule is C#Cc1ccc2[nH]c([C@@H]3CCCN3)nc2c1. The molecule has 2 aromatic rings. The van der Waals surface area contributed by atoms with E-state index in [1.807, 2.05) is 18.2 Å². The van der Waals surface area contributed by atoms with Crippen molar-refractivity contribution < 1.29 is 0 Å². The van der Waals surface area contributed by atoms with Gasteiger partial charge in [-0.3, -0.25) is 0 Å². The topological polar surface area (TPSA) is 40.7 Å². The number of benzene rings is 1.